The van der Waals surface area contributed by atoms with Gasteiger partial charge in [0.2, 0.25) is 5.78 Å². The van der Waals surface area contributed by atoms with Crippen molar-refractivity contribution in [1.29, 1.82) is 0 Å². The van der Waals surface area contributed by atoms with Crippen LogP contribution in [0.1, 0.15) is 32.1 Å². The monoisotopic (exact) mass is 415 g/mol. The first-order chi connectivity index (χ1) is 13.8. The molecule has 0 saturated heterocycles. The molecule has 29 heavy (non-hydrogen) atoms. The molecule has 0 unspecified atom stereocenters. The Balaban J connectivity index is 1.79. The second-order valence-corrected chi connectivity index (χ2v) is 6.88. The summed E-state index contributed by atoms with van der Waals surface area (Å²) in [4.78, 5) is 25.0. The minimum absolute atomic E-state index is 0.137. The number of ether oxygens (including phenoxy) is 2. The average molecular weight is 416 g/mol. The molecule has 0 N–H and O–H groups in total. The van der Waals surface area contributed by atoms with E-state index < -0.39 is 12.6 Å². The van der Waals surface area contributed by atoms with E-state index in [2.05, 4.69) is 0 Å². The number of esters is 1. The van der Waals surface area contributed by atoms with Gasteiger partial charge in [-0.1, -0.05) is 17.7 Å². The van der Waals surface area contributed by atoms with Crippen LogP contribution in [0.5, 0.6) is 5.75 Å². The van der Waals surface area contributed by atoms with Gasteiger partial charge in [0.25, 0.3) is 0 Å². The quantitative estimate of drug-likeness (QED) is 0.423. The summed E-state index contributed by atoms with van der Waals surface area (Å²) in [5.74, 6) is -1.14. The van der Waals surface area contributed by atoms with Gasteiger partial charge in [0, 0.05) is 27.7 Å². The van der Waals surface area contributed by atoms with Crippen molar-refractivity contribution in [2.24, 2.45) is 0 Å². The van der Waals surface area contributed by atoms with Gasteiger partial charge in [-0.2, -0.15) is 0 Å². The highest BCUT2D eigenvalue weighted by molar-refractivity contribution is 6.31. The molecule has 0 amide bonds. The van der Waals surface area contributed by atoms with Crippen molar-refractivity contribution in [3.8, 4) is 11.4 Å². The van der Waals surface area contributed by atoms with Gasteiger partial charge in [0.15, 0.2) is 6.61 Å². The molecule has 3 aromatic rings. The number of ketones is 1. The molecule has 0 atom stereocenters. The van der Waals surface area contributed by atoms with Crippen LogP contribution in [0.4, 0.5) is 4.39 Å². The number of carbonyl (C=O) groups excluding carboxylic acids is 2. The molecule has 150 valence electrons. The number of hydrogen-bond acceptors (Lipinski definition) is 4. The highest BCUT2D eigenvalue weighted by atomic mass is 35.5. The molecule has 1 aromatic heterocycles. The number of hydrogen-bond donors (Lipinski definition) is 0. The zero-order valence-electron chi connectivity index (χ0n) is 16.2. The Labute approximate surface area is 172 Å². The number of rotatable bonds is 6. The predicted octanol–water partition coefficient (Wildman–Crippen LogP) is 4.93. The van der Waals surface area contributed by atoms with Crippen LogP contribution in [0.2, 0.25) is 5.02 Å². The summed E-state index contributed by atoms with van der Waals surface area (Å²) in [5, 5.41) is 0.350. The van der Waals surface area contributed by atoms with Crippen LogP contribution in [0.15, 0.2) is 48.5 Å². The number of aryl methyl sites for hydroxylation is 1. The fourth-order valence-corrected chi connectivity index (χ4v) is 3.36. The third kappa shape index (κ3) is 4.32. The smallest absolute Gasteiger partial charge is 0.342 e. The van der Waals surface area contributed by atoms with Crippen LogP contribution in [0.25, 0.3) is 5.69 Å². The molecular weight excluding hydrogens is 397 g/mol. The van der Waals surface area contributed by atoms with E-state index in [-0.39, 0.29) is 17.2 Å². The van der Waals surface area contributed by atoms with Crippen LogP contribution >= 0.6 is 11.6 Å². The molecule has 0 fully saturated rings. The lowest BCUT2D eigenvalue weighted by Crippen LogP contribution is -2.15. The summed E-state index contributed by atoms with van der Waals surface area (Å²) in [7, 11) is 1.42. The fraction of sp³-hybridized carbons (Fsp3) is 0.182. The van der Waals surface area contributed by atoms with Crippen LogP contribution in [0.3, 0.4) is 0 Å². The largest absolute Gasteiger partial charge is 0.496 e. The van der Waals surface area contributed by atoms with E-state index in [9.17, 15) is 14.0 Å². The fourth-order valence-electron chi connectivity index (χ4n) is 3.18. The van der Waals surface area contributed by atoms with Crippen molar-refractivity contribution in [3.63, 3.8) is 0 Å². The molecule has 3 rings (SSSR count). The number of halogens is 2. The molecule has 5 nitrogen and oxygen atoms in total. The van der Waals surface area contributed by atoms with E-state index in [1.54, 1.807) is 41.8 Å². The highest BCUT2D eigenvalue weighted by Crippen LogP contribution is 2.24. The Kier molecular flexibility index (Phi) is 6.03. The molecule has 0 aliphatic heterocycles. The van der Waals surface area contributed by atoms with Crippen molar-refractivity contribution < 1.29 is 23.5 Å². The van der Waals surface area contributed by atoms with Gasteiger partial charge in [-0.15, -0.1) is 0 Å². The highest BCUT2D eigenvalue weighted by Gasteiger charge is 2.20. The van der Waals surface area contributed by atoms with Gasteiger partial charge in [-0.05, 0) is 56.3 Å². The van der Waals surface area contributed by atoms with Crippen LogP contribution in [-0.2, 0) is 4.74 Å². The van der Waals surface area contributed by atoms with Gasteiger partial charge < -0.3 is 14.0 Å². The molecule has 0 aliphatic rings. The van der Waals surface area contributed by atoms with Crippen molar-refractivity contribution in [2.75, 3.05) is 13.7 Å². The van der Waals surface area contributed by atoms with Crippen molar-refractivity contribution in [3.05, 3.63) is 81.9 Å². The van der Waals surface area contributed by atoms with Gasteiger partial charge in [0.05, 0.1) is 7.11 Å². The number of aromatic nitrogens is 1. The second-order valence-electron chi connectivity index (χ2n) is 6.44. The zero-order valence-corrected chi connectivity index (χ0v) is 16.9. The van der Waals surface area contributed by atoms with E-state index in [0.29, 0.717) is 27.7 Å². The maximum absolute atomic E-state index is 13.6. The number of Topliss-reactive ketones (excluding diaryl/α,β-unsaturated/α-hetero) is 1. The molecule has 2 aromatic carbocycles. The summed E-state index contributed by atoms with van der Waals surface area (Å²) < 4.78 is 25.7. The molecule has 0 aliphatic carbocycles. The van der Waals surface area contributed by atoms with E-state index in [1.165, 1.54) is 25.3 Å². The Hall–Kier alpha value is -3.12. The van der Waals surface area contributed by atoms with Crippen molar-refractivity contribution in [2.45, 2.75) is 13.8 Å². The lowest BCUT2D eigenvalue weighted by Gasteiger charge is -2.10. The van der Waals surface area contributed by atoms with E-state index in [0.717, 1.165) is 5.69 Å². The molecule has 0 bridgehead atoms. The summed E-state index contributed by atoms with van der Waals surface area (Å²) >= 11 is 5.93. The molecule has 7 heteroatoms. The topological polar surface area (TPSA) is 57.5 Å². The minimum Gasteiger partial charge on any atom is -0.496 e. The van der Waals surface area contributed by atoms with Crippen LogP contribution < -0.4 is 4.74 Å². The summed E-state index contributed by atoms with van der Waals surface area (Å²) in [6.07, 6.45) is 0. The number of benzene rings is 2. The molecular formula is C22H19ClFNO4. The maximum atomic E-state index is 13.6. The van der Waals surface area contributed by atoms with Gasteiger partial charge in [-0.25, -0.2) is 9.18 Å². The minimum atomic E-state index is -0.711. The zero-order chi connectivity index (χ0) is 21.1. The Morgan fingerprint density at radius 2 is 1.83 bits per heavy atom. The Bertz CT molecular complexity index is 1090. The van der Waals surface area contributed by atoms with E-state index >= 15 is 0 Å². The van der Waals surface area contributed by atoms with Gasteiger partial charge in [-0.3, -0.25) is 4.79 Å². The summed E-state index contributed by atoms with van der Waals surface area (Å²) in [6, 6.07) is 12.3. The Morgan fingerprint density at radius 3 is 2.52 bits per heavy atom. The van der Waals surface area contributed by atoms with Crippen molar-refractivity contribution in [1.82, 2.24) is 4.57 Å². The number of carbonyl (C=O) groups is 2. The standard InChI is InChI=1S/C22H19ClFNO4/c1-13-9-18(14(2)25(13)17-6-4-5-16(24)11-17)20(26)12-29-22(27)19-10-15(23)7-8-21(19)28-3/h4-11H,12H2,1-3H3. The molecule has 0 saturated carbocycles. The molecule has 0 spiro atoms. The van der Waals surface area contributed by atoms with Crippen molar-refractivity contribution >= 4 is 23.4 Å². The number of methoxy groups -OCH3 is 1. The SMILES string of the molecule is COc1ccc(Cl)cc1C(=O)OCC(=O)c1cc(C)n(-c2cccc(F)c2)c1C. The van der Waals surface area contributed by atoms with Crippen LogP contribution in [-0.4, -0.2) is 30.0 Å². The second kappa shape index (κ2) is 8.49. The Morgan fingerprint density at radius 1 is 1.07 bits per heavy atom. The summed E-state index contributed by atoms with van der Waals surface area (Å²) in [6.45, 7) is 3.13. The van der Waals surface area contributed by atoms with Gasteiger partial charge >= 0.3 is 5.97 Å². The predicted molar refractivity (Wildman–Crippen MR) is 108 cm³/mol. The van der Waals surface area contributed by atoms with Crippen LogP contribution in [0, 0.1) is 19.7 Å². The number of nitrogens with zero attached hydrogens (tertiary/aromatic N) is 1. The molecule has 1 heterocycles. The van der Waals surface area contributed by atoms with E-state index in [1.807, 2.05) is 6.92 Å². The molecule has 0 radical (unpaired) electrons. The third-order valence-electron chi connectivity index (χ3n) is 4.51. The first-order valence-electron chi connectivity index (χ1n) is 8.80. The third-order valence-corrected chi connectivity index (χ3v) is 4.75. The average Bonchev–Trinajstić information content (AvgIpc) is 3.00. The lowest BCUT2D eigenvalue weighted by atomic mass is 10.1. The lowest BCUT2D eigenvalue weighted by molar-refractivity contribution is 0.0471. The maximum Gasteiger partial charge on any atom is 0.342 e. The first kappa shape index (κ1) is 20.6. The summed E-state index contributed by atoms with van der Waals surface area (Å²) in [5.41, 5.74) is 2.55. The normalized spacial score (nSPS) is 10.7. The van der Waals surface area contributed by atoms with E-state index in [4.69, 9.17) is 21.1 Å². The van der Waals surface area contributed by atoms with Gasteiger partial charge in [0.1, 0.15) is 17.1 Å². The first-order valence-corrected chi connectivity index (χ1v) is 9.18.